The van der Waals surface area contributed by atoms with Gasteiger partial charge in [-0.05, 0) is 24.1 Å². The second kappa shape index (κ2) is 10.0. The molecule has 1 aromatic rings. The Morgan fingerprint density at radius 3 is 2.50 bits per heavy atom. The monoisotopic (exact) mass is 304 g/mol. The van der Waals surface area contributed by atoms with Crippen LogP contribution in [0.1, 0.15) is 25.3 Å². The zero-order valence-corrected chi connectivity index (χ0v) is 13.8. The highest BCUT2D eigenvalue weighted by Crippen LogP contribution is 2.20. The standard InChI is InChI=1S/C16H24N2O2.C2H4/c1-3-4-9-20-15-7-5-13(6-8-15)10-18-11-14(12-18)16(19)17-2;1-2/h5-8,14H,3-4,9-12H2,1-2H3,(H,17,19);1-2H2. The molecule has 122 valence electrons. The van der Waals surface area contributed by atoms with E-state index in [9.17, 15) is 4.79 Å². The molecule has 0 unspecified atom stereocenters. The number of carbonyl (C=O) groups excluding carboxylic acids is 1. The summed E-state index contributed by atoms with van der Waals surface area (Å²) in [6.07, 6.45) is 2.25. The summed E-state index contributed by atoms with van der Waals surface area (Å²) in [6, 6.07) is 8.27. The maximum absolute atomic E-state index is 11.4. The van der Waals surface area contributed by atoms with Crippen molar-refractivity contribution in [1.82, 2.24) is 10.2 Å². The molecule has 1 saturated heterocycles. The molecule has 0 radical (unpaired) electrons. The number of unbranched alkanes of at least 4 members (excludes halogenated alkanes) is 1. The first-order chi connectivity index (χ1) is 10.7. The number of nitrogens with zero attached hydrogens (tertiary/aromatic N) is 1. The molecule has 0 spiro atoms. The highest BCUT2D eigenvalue weighted by Gasteiger charge is 2.31. The molecule has 1 fully saturated rings. The third-order valence-electron chi connectivity index (χ3n) is 3.67. The van der Waals surface area contributed by atoms with Gasteiger partial charge >= 0.3 is 0 Å². The molecule has 0 atom stereocenters. The average molecular weight is 304 g/mol. The molecule has 0 bridgehead atoms. The van der Waals surface area contributed by atoms with Crippen LogP contribution in [0.3, 0.4) is 0 Å². The first kappa shape index (κ1) is 18.2. The van der Waals surface area contributed by atoms with Crippen LogP contribution in [-0.2, 0) is 11.3 Å². The van der Waals surface area contributed by atoms with Gasteiger partial charge in [-0.15, -0.1) is 13.2 Å². The van der Waals surface area contributed by atoms with Gasteiger partial charge in [-0.2, -0.15) is 0 Å². The van der Waals surface area contributed by atoms with E-state index in [4.69, 9.17) is 4.74 Å². The van der Waals surface area contributed by atoms with Gasteiger partial charge in [-0.1, -0.05) is 25.5 Å². The fourth-order valence-corrected chi connectivity index (χ4v) is 2.35. The fraction of sp³-hybridized carbons (Fsp3) is 0.500. The Kier molecular flexibility index (Phi) is 8.30. The van der Waals surface area contributed by atoms with Crippen molar-refractivity contribution in [3.05, 3.63) is 43.0 Å². The average Bonchev–Trinajstić information content (AvgIpc) is 2.53. The topological polar surface area (TPSA) is 41.6 Å². The lowest BCUT2D eigenvalue weighted by atomic mass is 9.98. The minimum absolute atomic E-state index is 0.154. The molecule has 1 aromatic carbocycles. The minimum Gasteiger partial charge on any atom is -0.494 e. The summed E-state index contributed by atoms with van der Waals surface area (Å²) in [6.45, 7) is 11.6. The highest BCUT2D eigenvalue weighted by molar-refractivity contribution is 5.79. The smallest absolute Gasteiger partial charge is 0.225 e. The fourth-order valence-electron chi connectivity index (χ4n) is 2.35. The van der Waals surface area contributed by atoms with Crippen molar-refractivity contribution in [1.29, 1.82) is 0 Å². The van der Waals surface area contributed by atoms with Crippen molar-refractivity contribution in [3.8, 4) is 5.75 Å². The van der Waals surface area contributed by atoms with E-state index in [2.05, 4.69) is 42.4 Å². The summed E-state index contributed by atoms with van der Waals surface area (Å²) < 4.78 is 5.64. The summed E-state index contributed by atoms with van der Waals surface area (Å²) in [5.74, 6) is 1.26. The van der Waals surface area contributed by atoms with Crippen molar-refractivity contribution >= 4 is 5.91 Å². The van der Waals surface area contributed by atoms with Crippen molar-refractivity contribution in [2.24, 2.45) is 5.92 Å². The predicted octanol–water partition coefficient (Wildman–Crippen LogP) is 2.85. The number of rotatable bonds is 7. The van der Waals surface area contributed by atoms with Crippen molar-refractivity contribution in [3.63, 3.8) is 0 Å². The van der Waals surface area contributed by atoms with E-state index in [0.29, 0.717) is 0 Å². The Bertz CT molecular complexity index is 439. The summed E-state index contributed by atoms with van der Waals surface area (Å²) in [7, 11) is 1.70. The molecule has 2 rings (SSSR count). The largest absolute Gasteiger partial charge is 0.494 e. The van der Waals surface area contributed by atoms with Crippen molar-refractivity contribution < 1.29 is 9.53 Å². The van der Waals surface area contributed by atoms with Gasteiger partial charge in [0.1, 0.15) is 5.75 Å². The number of hydrogen-bond acceptors (Lipinski definition) is 3. The zero-order valence-electron chi connectivity index (χ0n) is 13.8. The molecule has 22 heavy (non-hydrogen) atoms. The van der Waals surface area contributed by atoms with Gasteiger partial charge in [-0.3, -0.25) is 9.69 Å². The molecule has 0 aliphatic carbocycles. The van der Waals surface area contributed by atoms with Crippen LogP contribution >= 0.6 is 0 Å². The lowest BCUT2D eigenvalue weighted by Gasteiger charge is -2.38. The lowest BCUT2D eigenvalue weighted by Crippen LogP contribution is -2.52. The van der Waals surface area contributed by atoms with Gasteiger partial charge < -0.3 is 10.1 Å². The van der Waals surface area contributed by atoms with E-state index in [1.807, 2.05) is 12.1 Å². The number of ether oxygens (including phenoxy) is 1. The number of hydrogen-bond donors (Lipinski definition) is 1. The second-order valence-electron chi connectivity index (χ2n) is 5.35. The number of benzene rings is 1. The molecule has 1 amide bonds. The zero-order chi connectivity index (χ0) is 16.4. The Balaban J connectivity index is 0.00000116. The van der Waals surface area contributed by atoms with Crippen LogP contribution in [0.25, 0.3) is 0 Å². The molecule has 0 saturated carbocycles. The molecular weight excluding hydrogens is 276 g/mol. The molecule has 1 heterocycles. The molecule has 4 nitrogen and oxygen atoms in total. The molecule has 4 heteroatoms. The second-order valence-corrected chi connectivity index (χ2v) is 5.35. The Labute approximate surface area is 134 Å². The van der Waals surface area contributed by atoms with E-state index in [0.717, 1.165) is 44.8 Å². The van der Waals surface area contributed by atoms with Gasteiger partial charge in [0.15, 0.2) is 0 Å². The molecule has 1 aliphatic heterocycles. The van der Waals surface area contributed by atoms with E-state index in [1.165, 1.54) is 5.56 Å². The SMILES string of the molecule is C=C.CCCCOc1ccc(CN2CC(C(=O)NC)C2)cc1. The molecular formula is C18H28N2O2. The Hall–Kier alpha value is -1.81. The van der Waals surface area contributed by atoms with Crippen LogP contribution < -0.4 is 10.1 Å². The summed E-state index contributed by atoms with van der Waals surface area (Å²) >= 11 is 0. The summed E-state index contributed by atoms with van der Waals surface area (Å²) in [5, 5.41) is 2.70. The predicted molar refractivity (Wildman–Crippen MR) is 90.9 cm³/mol. The third kappa shape index (κ3) is 5.53. The maximum atomic E-state index is 11.4. The third-order valence-corrected chi connectivity index (χ3v) is 3.67. The van der Waals surface area contributed by atoms with Gasteiger partial charge in [0.2, 0.25) is 5.91 Å². The molecule has 1 aliphatic rings. The van der Waals surface area contributed by atoms with Crippen LogP contribution in [0.5, 0.6) is 5.75 Å². The van der Waals surface area contributed by atoms with E-state index >= 15 is 0 Å². The Morgan fingerprint density at radius 2 is 1.95 bits per heavy atom. The molecule has 1 N–H and O–H groups in total. The maximum Gasteiger partial charge on any atom is 0.225 e. The first-order valence-corrected chi connectivity index (χ1v) is 7.88. The highest BCUT2D eigenvalue weighted by atomic mass is 16.5. The van der Waals surface area contributed by atoms with Crippen LogP contribution in [0, 0.1) is 5.92 Å². The van der Waals surface area contributed by atoms with Crippen molar-refractivity contribution in [2.75, 3.05) is 26.7 Å². The van der Waals surface area contributed by atoms with E-state index in [1.54, 1.807) is 7.05 Å². The van der Waals surface area contributed by atoms with Gasteiger partial charge in [-0.25, -0.2) is 0 Å². The number of nitrogens with one attached hydrogen (secondary N) is 1. The van der Waals surface area contributed by atoms with Crippen LogP contribution in [0.4, 0.5) is 0 Å². The van der Waals surface area contributed by atoms with Crippen LogP contribution in [0.2, 0.25) is 0 Å². The van der Waals surface area contributed by atoms with Gasteiger partial charge in [0.25, 0.3) is 0 Å². The number of amides is 1. The number of likely N-dealkylation sites (tertiary alicyclic amines) is 1. The Morgan fingerprint density at radius 1 is 1.32 bits per heavy atom. The van der Waals surface area contributed by atoms with Crippen molar-refractivity contribution in [2.45, 2.75) is 26.3 Å². The normalized spacial score (nSPS) is 14.5. The summed E-state index contributed by atoms with van der Waals surface area (Å²) in [5.41, 5.74) is 1.27. The minimum atomic E-state index is 0.154. The van der Waals surface area contributed by atoms with Crippen LogP contribution in [-0.4, -0.2) is 37.6 Å². The quantitative estimate of drug-likeness (QED) is 0.622. The van der Waals surface area contributed by atoms with Gasteiger partial charge in [0.05, 0.1) is 12.5 Å². The van der Waals surface area contributed by atoms with Gasteiger partial charge in [0, 0.05) is 26.7 Å². The van der Waals surface area contributed by atoms with Crippen LogP contribution in [0.15, 0.2) is 37.4 Å². The first-order valence-electron chi connectivity index (χ1n) is 7.88. The van der Waals surface area contributed by atoms with E-state index in [-0.39, 0.29) is 11.8 Å². The lowest BCUT2D eigenvalue weighted by molar-refractivity contribution is -0.129. The van der Waals surface area contributed by atoms with E-state index < -0.39 is 0 Å². The summed E-state index contributed by atoms with van der Waals surface area (Å²) in [4.78, 5) is 13.7. The number of carbonyl (C=O) groups is 1. The molecule has 0 aromatic heterocycles.